The predicted molar refractivity (Wildman–Crippen MR) is 96.6 cm³/mol. The van der Waals surface area contributed by atoms with Crippen molar-refractivity contribution in [3.05, 3.63) is 57.8 Å². The second-order valence-electron chi connectivity index (χ2n) is 5.74. The Bertz CT molecular complexity index is 808. The molecule has 5 nitrogen and oxygen atoms in total. The van der Waals surface area contributed by atoms with Crippen LogP contribution in [0.25, 0.3) is 5.76 Å². The molecule has 1 aromatic heterocycles. The van der Waals surface area contributed by atoms with Crippen LogP contribution in [-0.2, 0) is 9.59 Å². The first kappa shape index (κ1) is 17.2. The number of methoxy groups -OCH3 is 1. The highest BCUT2D eigenvalue weighted by Crippen LogP contribution is 2.41. The van der Waals surface area contributed by atoms with Crippen LogP contribution in [0.4, 0.5) is 0 Å². The maximum atomic E-state index is 12.6. The highest BCUT2D eigenvalue weighted by molar-refractivity contribution is 7.10. The number of hydrogen-bond donors (Lipinski definition) is 1. The first-order valence-corrected chi connectivity index (χ1v) is 8.92. The number of ketones is 1. The molecule has 1 aromatic carbocycles. The van der Waals surface area contributed by atoms with Crippen LogP contribution in [0, 0.1) is 0 Å². The van der Waals surface area contributed by atoms with Gasteiger partial charge in [-0.2, -0.15) is 0 Å². The summed E-state index contributed by atoms with van der Waals surface area (Å²) in [6.45, 7) is 2.42. The topological polar surface area (TPSA) is 66.8 Å². The van der Waals surface area contributed by atoms with Crippen molar-refractivity contribution < 1.29 is 19.4 Å². The Morgan fingerprint density at radius 3 is 2.52 bits per heavy atom. The summed E-state index contributed by atoms with van der Waals surface area (Å²) in [4.78, 5) is 27.5. The van der Waals surface area contributed by atoms with Gasteiger partial charge in [0.05, 0.1) is 18.7 Å². The molecule has 1 aliphatic rings. The smallest absolute Gasteiger partial charge is 0.295 e. The molecule has 1 amide bonds. The van der Waals surface area contributed by atoms with E-state index in [4.69, 9.17) is 4.74 Å². The van der Waals surface area contributed by atoms with Gasteiger partial charge in [0.25, 0.3) is 11.7 Å². The van der Waals surface area contributed by atoms with Crippen LogP contribution >= 0.6 is 11.3 Å². The highest BCUT2D eigenvalue weighted by Gasteiger charge is 2.46. The number of ether oxygens (including phenoxy) is 1. The molecule has 1 N–H and O–H groups in total. The zero-order chi connectivity index (χ0) is 18.0. The first-order valence-electron chi connectivity index (χ1n) is 8.04. The summed E-state index contributed by atoms with van der Waals surface area (Å²) >= 11 is 1.46. The molecule has 1 aliphatic heterocycles. The quantitative estimate of drug-likeness (QED) is 0.504. The van der Waals surface area contributed by atoms with E-state index in [0.717, 1.165) is 11.3 Å². The van der Waals surface area contributed by atoms with Gasteiger partial charge < -0.3 is 14.7 Å². The Morgan fingerprint density at radius 1 is 1.24 bits per heavy atom. The Hall–Kier alpha value is -2.60. The molecule has 1 atom stereocenters. The van der Waals surface area contributed by atoms with E-state index in [-0.39, 0.29) is 11.3 Å². The fourth-order valence-electron chi connectivity index (χ4n) is 3.00. The van der Waals surface area contributed by atoms with Crippen molar-refractivity contribution in [3.63, 3.8) is 0 Å². The minimum absolute atomic E-state index is 0.145. The fourth-order valence-corrected chi connectivity index (χ4v) is 3.84. The molecule has 3 rings (SSSR count). The van der Waals surface area contributed by atoms with Gasteiger partial charge in [-0.3, -0.25) is 9.59 Å². The molecule has 1 fully saturated rings. The van der Waals surface area contributed by atoms with E-state index in [9.17, 15) is 14.7 Å². The van der Waals surface area contributed by atoms with Crippen molar-refractivity contribution in [2.45, 2.75) is 19.4 Å². The van der Waals surface area contributed by atoms with Gasteiger partial charge in [-0.1, -0.05) is 13.0 Å². The molecule has 6 heteroatoms. The van der Waals surface area contributed by atoms with Crippen LogP contribution in [0.2, 0.25) is 0 Å². The molecule has 2 heterocycles. The summed E-state index contributed by atoms with van der Waals surface area (Å²) in [5, 5.41) is 12.7. The second-order valence-corrected chi connectivity index (χ2v) is 6.72. The molecular formula is C19H19NO4S. The second kappa shape index (κ2) is 7.11. The van der Waals surface area contributed by atoms with Crippen LogP contribution in [0.1, 0.15) is 29.8 Å². The SMILES string of the molecule is CCCN1C(=O)C(=O)/C(=C(\O)c2ccc(OC)cc2)C1c1cccs1. The molecule has 0 saturated carbocycles. The molecule has 2 aromatic rings. The number of likely N-dealkylation sites (tertiary alicyclic amines) is 1. The maximum absolute atomic E-state index is 12.6. The molecule has 25 heavy (non-hydrogen) atoms. The lowest BCUT2D eigenvalue weighted by molar-refractivity contribution is -0.139. The molecular weight excluding hydrogens is 338 g/mol. The van der Waals surface area contributed by atoms with Gasteiger partial charge >= 0.3 is 0 Å². The van der Waals surface area contributed by atoms with Crippen molar-refractivity contribution in [1.82, 2.24) is 4.90 Å². The molecule has 0 spiro atoms. The standard InChI is InChI=1S/C19H19NO4S/c1-3-10-20-16(14-5-4-11-25-14)15(18(22)19(20)23)17(21)12-6-8-13(24-2)9-7-12/h4-9,11,16,21H,3,10H2,1-2H3/b17-15-. The minimum atomic E-state index is -0.639. The number of benzene rings is 1. The average Bonchev–Trinajstić information content (AvgIpc) is 3.24. The zero-order valence-electron chi connectivity index (χ0n) is 14.1. The molecule has 1 saturated heterocycles. The van der Waals surface area contributed by atoms with E-state index in [2.05, 4.69) is 0 Å². The normalized spacial score (nSPS) is 19.4. The lowest BCUT2D eigenvalue weighted by Crippen LogP contribution is -2.30. The van der Waals surface area contributed by atoms with Gasteiger partial charge in [-0.05, 0) is 42.1 Å². The van der Waals surface area contributed by atoms with Crippen LogP contribution in [0.15, 0.2) is 47.4 Å². The zero-order valence-corrected chi connectivity index (χ0v) is 14.9. The van der Waals surface area contributed by atoms with Gasteiger partial charge in [0.2, 0.25) is 0 Å². The van der Waals surface area contributed by atoms with Gasteiger partial charge in [0.1, 0.15) is 11.5 Å². The maximum Gasteiger partial charge on any atom is 0.295 e. The van der Waals surface area contributed by atoms with Crippen LogP contribution in [0.3, 0.4) is 0 Å². The molecule has 0 radical (unpaired) electrons. The number of carbonyl (C=O) groups excluding carboxylic acids is 2. The molecule has 1 unspecified atom stereocenters. The fraction of sp³-hybridized carbons (Fsp3) is 0.263. The third-order valence-corrected chi connectivity index (χ3v) is 5.11. The van der Waals surface area contributed by atoms with Crippen molar-refractivity contribution in [2.24, 2.45) is 0 Å². The summed E-state index contributed by atoms with van der Waals surface area (Å²) in [5.74, 6) is -0.703. The average molecular weight is 357 g/mol. The van der Waals surface area contributed by atoms with E-state index in [1.807, 2.05) is 24.4 Å². The number of aliphatic hydroxyl groups excluding tert-OH is 1. The van der Waals surface area contributed by atoms with E-state index < -0.39 is 17.7 Å². The van der Waals surface area contributed by atoms with Crippen molar-refractivity contribution in [3.8, 4) is 5.75 Å². The highest BCUT2D eigenvalue weighted by atomic mass is 32.1. The van der Waals surface area contributed by atoms with Gasteiger partial charge in [-0.25, -0.2) is 0 Å². The number of carbonyl (C=O) groups is 2. The predicted octanol–water partition coefficient (Wildman–Crippen LogP) is 3.59. The van der Waals surface area contributed by atoms with E-state index in [1.54, 1.807) is 36.3 Å². The van der Waals surface area contributed by atoms with E-state index >= 15 is 0 Å². The van der Waals surface area contributed by atoms with Crippen molar-refractivity contribution in [1.29, 1.82) is 0 Å². The number of amides is 1. The summed E-state index contributed by atoms with van der Waals surface area (Å²) in [5.41, 5.74) is 0.628. The van der Waals surface area contributed by atoms with E-state index in [1.165, 1.54) is 11.3 Å². The van der Waals surface area contributed by atoms with Gasteiger partial charge in [-0.15, -0.1) is 11.3 Å². The monoisotopic (exact) mass is 357 g/mol. The third kappa shape index (κ3) is 3.05. The van der Waals surface area contributed by atoms with Crippen LogP contribution in [0.5, 0.6) is 5.75 Å². The Balaban J connectivity index is 2.12. The Labute approximate surface area is 150 Å². The summed E-state index contributed by atoms with van der Waals surface area (Å²) in [6, 6.07) is 9.97. The summed E-state index contributed by atoms with van der Waals surface area (Å²) in [7, 11) is 1.56. The minimum Gasteiger partial charge on any atom is -0.507 e. The molecule has 130 valence electrons. The number of thiophene rings is 1. The Morgan fingerprint density at radius 2 is 1.96 bits per heavy atom. The lowest BCUT2D eigenvalue weighted by atomic mass is 10.00. The largest absolute Gasteiger partial charge is 0.507 e. The molecule has 0 bridgehead atoms. The Kier molecular flexibility index (Phi) is 4.90. The number of hydrogen-bond acceptors (Lipinski definition) is 5. The molecule has 0 aliphatic carbocycles. The summed E-state index contributed by atoms with van der Waals surface area (Å²) < 4.78 is 5.12. The third-order valence-electron chi connectivity index (χ3n) is 4.18. The summed E-state index contributed by atoms with van der Waals surface area (Å²) in [6.07, 6.45) is 0.734. The lowest BCUT2D eigenvalue weighted by Gasteiger charge is -2.23. The van der Waals surface area contributed by atoms with Crippen molar-refractivity contribution >= 4 is 28.8 Å². The van der Waals surface area contributed by atoms with Gasteiger partial charge in [0, 0.05) is 17.0 Å². The van der Waals surface area contributed by atoms with Crippen LogP contribution in [-0.4, -0.2) is 35.4 Å². The van der Waals surface area contributed by atoms with Crippen LogP contribution < -0.4 is 4.74 Å². The number of rotatable bonds is 5. The van der Waals surface area contributed by atoms with Crippen molar-refractivity contribution in [2.75, 3.05) is 13.7 Å². The van der Waals surface area contributed by atoms with Gasteiger partial charge in [0.15, 0.2) is 0 Å². The number of nitrogens with zero attached hydrogens (tertiary/aromatic N) is 1. The number of aliphatic hydroxyl groups is 1. The number of Topliss-reactive ketones (excluding diaryl/α,β-unsaturated/α-hetero) is 1. The first-order chi connectivity index (χ1) is 12.1. The van der Waals surface area contributed by atoms with E-state index in [0.29, 0.717) is 17.9 Å².